The summed E-state index contributed by atoms with van der Waals surface area (Å²) < 4.78 is 24.1. The van der Waals surface area contributed by atoms with Gasteiger partial charge in [-0.05, 0) is 50.3 Å². The van der Waals surface area contributed by atoms with Crippen LogP contribution in [0.3, 0.4) is 0 Å². The van der Waals surface area contributed by atoms with Crippen molar-refractivity contribution in [2.75, 3.05) is 0 Å². The number of esters is 1. The third-order valence-electron chi connectivity index (χ3n) is 3.38. The second-order valence-corrected chi connectivity index (χ2v) is 6.16. The van der Waals surface area contributed by atoms with Crippen molar-refractivity contribution in [3.8, 4) is 11.5 Å². The molecule has 23 heavy (non-hydrogen) atoms. The first-order chi connectivity index (χ1) is 10.8. The molecule has 5 heteroatoms. The molecule has 2 aromatic carbocycles. The van der Waals surface area contributed by atoms with E-state index < -0.39 is 11.8 Å². The topological polar surface area (TPSA) is 35.5 Å². The van der Waals surface area contributed by atoms with Crippen molar-refractivity contribution in [1.29, 1.82) is 0 Å². The van der Waals surface area contributed by atoms with E-state index in [0.29, 0.717) is 11.3 Å². The summed E-state index contributed by atoms with van der Waals surface area (Å²) in [6.07, 6.45) is 3.83. The number of carbonyl (C=O) groups excluding carboxylic acids is 1. The van der Waals surface area contributed by atoms with Crippen molar-refractivity contribution in [2.24, 2.45) is 0 Å². The van der Waals surface area contributed by atoms with Crippen molar-refractivity contribution in [1.82, 2.24) is 0 Å². The highest BCUT2D eigenvalue weighted by atomic mass is 35.5. The van der Waals surface area contributed by atoms with Gasteiger partial charge < -0.3 is 9.47 Å². The van der Waals surface area contributed by atoms with Crippen LogP contribution in [0.4, 0.5) is 4.39 Å². The van der Waals surface area contributed by atoms with Crippen LogP contribution in [-0.2, 0) is 0 Å². The lowest BCUT2D eigenvalue weighted by Crippen LogP contribution is -2.27. The minimum atomic E-state index is -0.565. The summed E-state index contributed by atoms with van der Waals surface area (Å²) in [4.78, 5) is 12.2. The van der Waals surface area contributed by atoms with Crippen LogP contribution in [0.15, 0.2) is 42.5 Å². The molecule has 0 amide bonds. The predicted octanol–water partition coefficient (Wildman–Crippen LogP) is 4.88. The number of hydrogen-bond donors (Lipinski definition) is 0. The fraction of sp³-hybridized carbons (Fsp3) is 0.167. The molecule has 0 radical (unpaired) electrons. The Labute approximate surface area is 138 Å². The van der Waals surface area contributed by atoms with Gasteiger partial charge in [-0.1, -0.05) is 17.7 Å². The van der Waals surface area contributed by atoms with E-state index in [4.69, 9.17) is 21.1 Å². The lowest BCUT2D eigenvalue weighted by atomic mass is 10.0. The largest absolute Gasteiger partial charge is 0.483 e. The maximum Gasteiger partial charge on any atom is 0.343 e. The standard InChI is InChI=1S/C18H14ClFO3/c1-18(2)8-7-11-9-12(3-6-16(11)23-18)17(21)22-13-4-5-15(20)14(19)10-13/h3-10H,1-2H3. The first-order valence-electron chi connectivity index (χ1n) is 7.04. The zero-order valence-electron chi connectivity index (χ0n) is 12.6. The highest BCUT2D eigenvalue weighted by Gasteiger charge is 2.22. The fourth-order valence-electron chi connectivity index (χ4n) is 2.21. The highest BCUT2D eigenvalue weighted by molar-refractivity contribution is 6.30. The average molecular weight is 333 g/mol. The van der Waals surface area contributed by atoms with Gasteiger partial charge in [0.05, 0.1) is 10.6 Å². The molecule has 1 aliphatic heterocycles. The Kier molecular flexibility index (Phi) is 3.86. The first kappa shape index (κ1) is 15.6. The normalized spacial score (nSPS) is 14.8. The quantitative estimate of drug-likeness (QED) is 0.580. The van der Waals surface area contributed by atoms with Gasteiger partial charge in [0.25, 0.3) is 0 Å². The Balaban J connectivity index is 1.82. The number of ether oxygens (including phenoxy) is 2. The second-order valence-electron chi connectivity index (χ2n) is 5.76. The number of rotatable bonds is 2. The highest BCUT2D eigenvalue weighted by Crippen LogP contribution is 2.31. The van der Waals surface area contributed by atoms with Crippen LogP contribution >= 0.6 is 11.6 Å². The molecule has 0 saturated carbocycles. The van der Waals surface area contributed by atoms with E-state index in [9.17, 15) is 9.18 Å². The molecule has 2 aromatic rings. The van der Waals surface area contributed by atoms with Gasteiger partial charge >= 0.3 is 5.97 Å². The van der Waals surface area contributed by atoms with Crippen LogP contribution < -0.4 is 9.47 Å². The maximum absolute atomic E-state index is 13.1. The Morgan fingerprint density at radius 3 is 2.74 bits per heavy atom. The van der Waals surface area contributed by atoms with Crippen LogP contribution in [0.5, 0.6) is 11.5 Å². The molecule has 1 heterocycles. The van der Waals surface area contributed by atoms with Crippen LogP contribution in [0.2, 0.25) is 5.02 Å². The summed E-state index contributed by atoms with van der Waals surface area (Å²) in [6.45, 7) is 3.90. The number of hydrogen-bond acceptors (Lipinski definition) is 3. The summed E-state index contributed by atoms with van der Waals surface area (Å²) in [5, 5.41) is -0.0979. The number of halogens is 2. The van der Waals surface area contributed by atoms with Gasteiger partial charge in [-0.2, -0.15) is 0 Å². The van der Waals surface area contributed by atoms with E-state index in [-0.39, 0.29) is 16.4 Å². The van der Waals surface area contributed by atoms with Crippen molar-refractivity contribution < 1.29 is 18.7 Å². The molecule has 0 atom stereocenters. The average Bonchev–Trinajstić information content (AvgIpc) is 2.49. The Morgan fingerprint density at radius 2 is 2.00 bits per heavy atom. The molecule has 0 aliphatic carbocycles. The molecular weight excluding hydrogens is 319 g/mol. The molecule has 3 nitrogen and oxygen atoms in total. The van der Waals surface area contributed by atoms with Gasteiger partial charge in [0.2, 0.25) is 0 Å². The molecule has 0 saturated heterocycles. The summed E-state index contributed by atoms with van der Waals surface area (Å²) in [6, 6.07) is 8.81. The lowest BCUT2D eigenvalue weighted by Gasteiger charge is -2.27. The summed E-state index contributed by atoms with van der Waals surface area (Å²) in [5.41, 5.74) is 0.799. The SMILES string of the molecule is CC1(C)C=Cc2cc(C(=O)Oc3ccc(F)c(Cl)c3)ccc2O1. The first-order valence-corrected chi connectivity index (χ1v) is 7.41. The third kappa shape index (κ3) is 3.37. The number of fused-ring (bicyclic) bond motifs is 1. The molecule has 0 spiro atoms. The van der Waals surface area contributed by atoms with Crippen molar-refractivity contribution in [2.45, 2.75) is 19.4 Å². The smallest absolute Gasteiger partial charge is 0.343 e. The summed E-state index contributed by atoms with van der Waals surface area (Å²) in [7, 11) is 0. The van der Waals surface area contributed by atoms with Gasteiger partial charge in [0, 0.05) is 11.6 Å². The van der Waals surface area contributed by atoms with Crippen LogP contribution in [0.25, 0.3) is 6.08 Å². The Bertz CT molecular complexity index is 812. The molecule has 0 unspecified atom stereocenters. The molecule has 1 aliphatic rings. The maximum atomic E-state index is 13.1. The molecular formula is C18H14ClFO3. The zero-order chi connectivity index (χ0) is 16.6. The monoisotopic (exact) mass is 332 g/mol. The van der Waals surface area contributed by atoms with E-state index in [1.807, 2.05) is 26.0 Å². The van der Waals surface area contributed by atoms with Gasteiger partial charge in [-0.25, -0.2) is 9.18 Å². The van der Waals surface area contributed by atoms with Crippen molar-refractivity contribution in [3.05, 3.63) is 64.4 Å². The molecule has 0 fully saturated rings. The third-order valence-corrected chi connectivity index (χ3v) is 3.67. The van der Waals surface area contributed by atoms with Crippen molar-refractivity contribution in [3.63, 3.8) is 0 Å². The Morgan fingerprint density at radius 1 is 1.22 bits per heavy atom. The van der Waals surface area contributed by atoms with Gasteiger partial charge in [0.1, 0.15) is 22.9 Å². The lowest BCUT2D eigenvalue weighted by molar-refractivity contribution is 0.0734. The van der Waals surface area contributed by atoms with Crippen LogP contribution in [0, 0.1) is 5.82 Å². The second kappa shape index (κ2) is 5.70. The molecule has 0 N–H and O–H groups in total. The van der Waals surface area contributed by atoms with Crippen molar-refractivity contribution >= 4 is 23.6 Å². The van der Waals surface area contributed by atoms with E-state index in [1.54, 1.807) is 18.2 Å². The van der Waals surface area contributed by atoms with E-state index in [0.717, 1.165) is 11.6 Å². The summed E-state index contributed by atoms with van der Waals surface area (Å²) in [5.74, 6) is -0.218. The number of benzene rings is 2. The Hall–Kier alpha value is -2.33. The number of carbonyl (C=O) groups is 1. The van der Waals surface area contributed by atoms with E-state index in [1.165, 1.54) is 12.1 Å². The van der Waals surface area contributed by atoms with Crippen LogP contribution in [0.1, 0.15) is 29.8 Å². The van der Waals surface area contributed by atoms with Gasteiger partial charge in [0.15, 0.2) is 0 Å². The predicted molar refractivity (Wildman–Crippen MR) is 86.6 cm³/mol. The molecule has 3 rings (SSSR count). The molecule has 118 valence electrons. The molecule has 0 aromatic heterocycles. The van der Waals surface area contributed by atoms with Gasteiger partial charge in [-0.3, -0.25) is 0 Å². The van der Waals surface area contributed by atoms with E-state index >= 15 is 0 Å². The molecule has 0 bridgehead atoms. The minimum Gasteiger partial charge on any atom is -0.483 e. The minimum absolute atomic E-state index is 0.0979. The van der Waals surface area contributed by atoms with Crippen LogP contribution in [-0.4, -0.2) is 11.6 Å². The van der Waals surface area contributed by atoms with Gasteiger partial charge in [-0.15, -0.1) is 0 Å². The fourth-order valence-corrected chi connectivity index (χ4v) is 2.38. The summed E-state index contributed by atoms with van der Waals surface area (Å²) >= 11 is 5.67. The van der Waals surface area contributed by atoms with E-state index in [2.05, 4.69) is 0 Å². The zero-order valence-corrected chi connectivity index (χ0v) is 13.4.